The Hall–Kier alpha value is 1.10. The van der Waals surface area contributed by atoms with Gasteiger partial charge in [0.2, 0.25) is 0 Å². The zero-order valence-electron chi connectivity index (χ0n) is 6.28. The van der Waals surface area contributed by atoms with Crippen molar-refractivity contribution in [2.24, 2.45) is 0 Å². The summed E-state index contributed by atoms with van der Waals surface area (Å²) in [5.74, 6) is -3.04. The van der Waals surface area contributed by atoms with Gasteiger partial charge in [-0.15, -0.1) is 0 Å². The summed E-state index contributed by atoms with van der Waals surface area (Å²) in [6.45, 7) is 0. The van der Waals surface area contributed by atoms with Crippen LogP contribution in [0, 0.1) is 0 Å². The molecule has 0 heterocycles. The molecule has 0 aliphatic rings. The standard InChI is InChI=1S/C7H6Cl5P/c8-7(9,10)13(11,12)6-4-2-1-3-5-6/h1-5,13H. The van der Waals surface area contributed by atoms with Gasteiger partial charge in [-0.2, -0.15) is 0 Å². The number of rotatable bonds is 1. The van der Waals surface area contributed by atoms with Gasteiger partial charge in [-0.25, -0.2) is 0 Å². The van der Waals surface area contributed by atoms with Crippen molar-refractivity contribution in [2.75, 3.05) is 0 Å². The van der Waals surface area contributed by atoms with E-state index in [0.29, 0.717) is 5.30 Å². The van der Waals surface area contributed by atoms with Crippen LogP contribution in [0.25, 0.3) is 0 Å². The van der Waals surface area contributed by atoms with Crippen molar-refractivity contribution in [3.8, 4) is 0 Å². The number of halogens is 5. The van der Waals surface area contributed by atoms with Crippen LogP contribution in [0.2, 0.25) is 0 Å². The molecule has 0 aliphatic heterocycles. The van der Waals surface area contributed by atoms with Gasteiger partial charge in [0.15, 0.2) is 0 Å². The van der Waals surface area contributed by atoms with Crippen molar-refractivity contribution >= 4 is 68.6 Å². The van der Waals surface area contributed by atoms with E-state index in [1.807, 2.05) is 6.07 Å². The molecular weight excluding hydrogens is 292 g/mol. The molecule has 1 aromatic carbocycles. The molecule has 0 nitrogen and oxygen atoms in total. The molecule has 74 valence electrons. The van der Waals surface area contributed by atoms with Gasteiger partial charge in [-0.3, -0.25) is 0 Å². The normalized spacial score (nSPS) is 14.2. The van der Waals surface area contributed by atoms with E-state index in [1.54, 1.807) is 24.3 Å². The van der Waals surface area contributed by atoms with E-state index >= 15 is 0 Å². The molecule has 0 bridgehead atoms. The van der Waals surface area contributed by atoms with Crippen molar-refractivity contribution in [3.63, 3.8) is 0 Å². The van der Waals surface area contributed by atoms with Gasteiger partial charge in [0, 0.05) is 0 Å². The van der Waals surface area contributed by atoms with Crippen LogP contribution in [-0.2, 0) is 0 Å². The molecular formula is C7H6Cl5P. The molecule has 1 rings (SSSR count). The number of hydrogen-bond acceptors (Lipinski definition) is 0. The first-order chi connectivity index (χ1) is 5.86. The molecule has 0 amide bonds. The van der Waals surface area contributed by atoms with Gasteiger partial charge in [0.1, 0.15) is 0 Å². The fourth-order valence-electron chi connectivity index (χ4n) is 0.811. The molecule has 0 spiro atoms. The minimum absolute atomic E-state index is 0.693. The van der Waals surface area contributed by atoms with E-state index in [2.05, 4.69) is 0 Å². The van der Waals surface area contributed by atoms with Crippen LogP contribution in [0.15, 0.2) is 30.3 Å². The summed E-state index contributed by atoms with van der Waals surface area (Å²) in [5.41, 5.74) is 0. The van der Waals surface area contributed by atoms with Gasteiger partial charge in [-0.05, 0) is 0 Å². The first-order valence-electron chi connectivity index (χ1n) is 3.36. The monoisotopic (exact) mass is 296 g/mol. The third kappa shape index (κ3) is 2.78. The van der Waals surface area contributed by atoms with Gasteiger partial charge in [-0.1, -0.05) is 0 Å². The minimum atomic E-state index is -3.04. The number of hydrogen-bond donors (Lipinski definition) is 0. The second-order valence-electron chi connectivity index (χ2n) is 2.44. The number of benzene rings is 1. The third-order valence-corrected chi connectivity index (χ3v) is 10.6. The summed E-state index contributed by atoms with van der Waals surface area (Å²) in [6.07, 6.45) is 0. The van der Waals surface area contributed by atoms with E-state index in [0.717, 1.165) is 0 Å². The van der Waals surface area contributed by atoms with Crippen LogP contribution in [0.1, 0.15) is 0 Å². The Morgan fingerprint density at radius 2 is 1.38 bits per heavy atom. The summed E-state index contributed by atoms with van der Waals surface area (Å²) in [7, 11) is 0. The van der Waals surface area contributed by atoms with E-state index in [9.17, 15) is 0 Å². The summed E-state index contributed by atoms with van der Waals surface area (Å²) < 4.78 is -1.61. The Balaban J connectivity index is 3.08. The van der Waals surface area contributed by atoms with Crippen LogP contribution in [0.4, 0.5) is 0 Å². The van der Waals surface area contributed by atoms with Crippen molar-refractivity contribution in [3.05, 3.63) is 30.3 Å². The van der Waals surface area contributed by atoms with Crippen LogP contribution < -0.4 is 5.30 Å². The Morgan fingerprint density at radius 1 is 0.923 bits per heavy atom. The topological polar surface area (TPSA) is 0 Å². The van der Waals surface area contributed by atoms with Crippen LogP contribution >= 0.6 is 63.3 Å². The quantitative estimate of drug-likeness (QED) is 0.521. The zero-order chi connectivity index (χ0) is 10.1. The SMILES string of the molecule is ClC(Cl)(Cl)[PH](Cl)(Cl)c1ccccc1. The molecule has 6 heteroatoms. The maximum absolute atomic E-state index is 6.05. The zero-order valence-corrected chi connectivity index (χ0v) is 11.1. The van der Waals surface area contributed by atoms with E-state index in [1.165, 1.54) is 0 Å². The average Bonchev–Trinajstić information content (AvgIpc) is 2.04. The molecule has 0 N–H and O–H groups in total. The van der Waals surface area contributed by atoms with Gasteiger partial charge in [0.25, 0.3) is 0 Å². The molecule has 0 unspecified atom stereocenters. The Bertz CT molecular complexity index is 279. The van der Waals surface area contributed by atoms with Crippen LogP contribution in [-0.4, -0.2) is 3.53 Å². The van der Waals surface area contributed by atoms with Crippen molar-refractivity contribution in [1.29, 1.82) is 0 Å². The van der Waals surface area contributed by atoms with Crippen LogP contribution in [0.5, 0.6) is 0 Å². The molecule has 1 aromatic rings. The maximum atomic E-state index is 6.05. The third-order valence-electron chi connectivity index (χ3n) is 1.49. The van der Waals surface area contributed by atoms with Crippen molar-refractivity contribution in [2.45, 2.75) is 3.53 Å². The van der Waals surface area contributed by atoms with Crippen molar-refractivity contribution in [1.82, 2.24) is 0 Å². The second-order valence-corrected chi connectivity index (χ2v) is 12.1. The fraction of sp³-hybridized carbons (Fsp3) is 0.143. The summed E-state index contributed by atoms with van der Waals surface area (Å²) in [6, 6.07) is 8.97. The average molecular weight is 298 g/mol. The Labute approximate surface area is 102 Å². The van der Waals surface area contributed by atoms with Gasteiger partial charge in [0.05, 0.1) is 0 Å². The molecule has 0 fully saturated rings. The van der Waals surface area contributed by atoms with E-state index in [-0.39, 0.29) is 0 Å². The van der Waals surface area contributed by atoms with Crippen LogP contribution in [0.3, 0.4) is 0 Å². The second kappa shape index (κ2) is 4.31. The molecule has 0 saturated carbocycles. The summed E-state index contributed by atoms with van der Waals surface area (Å²) in [5, 5.41) is 0.693. The first-order valence-corrected chi connectivity index (χ1v) is 8.51. The van der Waals surface area contributed by atoms with E-state index in [4.69, 9.17) is 57.3 Å². The predicted molar refractivity (Wildman–Crippen MR) is 66.4 cm³/mol. The molecule has 0 atom stereocenters. The van der Waals surface area contributed by atoms with Crippen molar-refractivity contribution < 1.29 is 0 Å². The molecule has 0 saturated heterocycles. The fourth-order valence-corrected chi connectivity index (χ4v) is 3.49. The molecule has 0 radical (unpaired) electrons. The Morgan fingerprint density at radius 3 is 1.77 bits per heavy atom. The molecule has 0 aliphatic carbocycles. The first kappa shape index (κ1) is 12.2. The summed E-state index contributed by atoms with van der Waals surface area (Å²) >= 11 is 29.2. The molecule has 0 aromatic heterocycles. The summed E-state index contributed by atoms with van der Waals surface area (Å²) in [4.78, 5) is 0. The Kier molecular flexibility index (Phi) is 4.03. The number of alkyl halides is 3. The molecule has 13 heavy (non-hydrogen) atoms. The van der Waals surface area contributed by atoms with Gasteiger partial charge >= 0.3 is 102 Å². The predicted octanol–water partition coefficient (Wildman–Crippen LogP) is 4.70. The van der Waals surface area contributed by atoms with E-state index < -0.39 is 9.50 Å². The van der Waals surface area contributed by atoms with Gasteiger partial charge < -0.3 is 0 Å².